The minimum absolute atomic E-state index is 0.0398. The van der Waals surface area contributed by atoms with Crippen molar-refractivity contribution in [1.29, 1.82) is 0 Å². The molecule has 0 saturated heterocycles. The number of rotatable bonds is 6. The number of amides is 2. The minimum Gasteiger partial charge on any atom is -0.454 e. The molecule has 0 radical (unpaired) electrons. The van der Waals surface area contributed by atoms with Crippen molar-refractivity contribution in [2.24, 2.45) is 0 Å². The first-order valence-electron chi connectivity index (χ1n) is 9.92. The molecule has 2 aromatic heterocycles. The molecule has 0 bridgehead atoms. The van der Waals surface area contributed by atoms with Crippen LogP contribution in [0.1, 0.15) is 29.8 Å². The second kappa shape index (κ2) is 8.47. The highest BCUT2D eigenvalue weighted by Gasteiger charge is 2.22. The van der Waals surface area contributed by atoms with Gasteiger partial charge >= 0.3 is 0 Å². The molecule has 3 aromatic rings. The Labute approximate surface area is 178 Å². The third kappa shape index (κ3) is 4.07. The van der Waals surface area contributed by atoms with Crippen molar-refractivity contribution in [1.82, 2.24) is 20.2 Å². The summed E-state index contributed by atoms with van der Waals surface area (Å²) < 4.78 is 12.6. The topological polar surface area (TPSA) is 112 Å². The molecular weight excluding hydrogens is 400 g/mol. The zero-order valence-corrected chi connectivity index (χ0v) is 17.2. The number of fused-ring (bicyclic) bond motifs is 2. The molecule has 1 atom stereocenters. The number of hydrogen-bond donors (Lipinski definition) is 2. The smallest absolute Gasteiger partial charge is 0.257 e. The van der Waals surface area contributed by atoms with Gasteiger partial charge in [-0.25, -0.2) is 0 Å². The average molecular weight is 422 g/mol. The average Bonchev–Trinajstić information content (AvgIpc) is 3.25. The first kappa shape index (κ1) is 20.4. The van der Waals surface area contributed by atoms with Crippen LogP contribution in [0, 0.1) is 0 Å². The normalized spacial score (nSPS) is 13.1. The van der Waals surface area contributed by atoms with Gasteiger partial charge in [0, 0.05) is 37.7 Å². The maximum atomic E-state index is 13.0. The van der Waals surface area contributed by atoms with E-state index in [0.717, 1.165) is 5.56 Å². The number of hydrogen-bond acceptors (Lipinski definition) is 6. The molecule has 4 rings (SSSR count). The van der Waals surface area contributed by atoms with Gasteiger partial charge in [0.15, 0.2) is 11.5 Å². The van der Waals surface area contributed by atoms with Crippen LogP contribution in [-0.4, -0.2) is 34.2 Å². The minimum atomic E-state index is -0.823. The molecule has 9 nitrogen and oxygen atoms in total. The van der Waals surface area contributed by atoms with Gasteiger partial charge in [-0.3, -0.25) is 19.4 Å². The van der Waals surface area contributed by atoms with Crippen molar-refractivity contribution in [3.05, 3.63) is 64.2 Å². The second-order valence-electron chi connectivity index (χ2n) is 7.15. The summed E-state index contributed by atoms with van der Waals surface area (Å²) in [6.07, 6.45) is 4.78. The van der Waals surface area contributed by atoms with E-state index in [2.05, 4.69) is 15.6 Å². The summed E-state index contributed by atoms with van der Waals surface area (Å²) in [7, 11) is 0. The summed E-state index contributed by atoms with van der Waals surface area (Å²) in [5, 5.41) is 5.72. The van der Waals surface area contributed by atoms with E-state index in [1.807, 2.05) is 6.92 Å². The summed E-state index contributed by atoms with van der Waals surface area (Å²) >= 11 is 0. The van der Waals surface area contributed by atoms with E-state index in [1.165, 1.54) is 6.20 Å². The summed E-state index contributed by atoms with van der Waals surface area (Å²) in [5.74, 6) is 0.0583. The van der Waals surface area contributed by atoms with Crippen molar-refractivity contribution < 1.29 is 19.1 Å². The van der Waals surface area contributed by atoms with Crippen LogP contribution in [0.5, 0.6) is 11.5 Å². The second-order valence-corrected chi connectivity index (χ2v) is 7.15. The Kier molecular flexibility index (Phi) is 5.57. The van der Waals surface area contributed by atoms with Gasteiger partial charge < -0.3 is 24.7 Å². The molecular formula is C22H22N4O5. The van der Waals surface area contributed by atoms with Gasteiger partial charge in [0.1, 0.15) is 11.6 Å². The molecule has 1 aromatic carbocycles. The third-order valence-corrected chi connectivity index (χ3v) is 5.12. The van der Waals surface area contributed by atoms with Gasteiger partial charge in [0.2, 0.25) is 18.1 Å². The standard InChI is InChI=1S/C22H22N4O5/c1-3-26-11-16(20(27)15-8-18-19(9-17(15)26)31-12-30-18)22(29)25-13(2)21(28)24-10-14-4-6-23-7-5-14/h4-9,11,13H,3,10,12H2,1-2H3,(H,24,28)(H,25,29)/t13-/m0/s1. The maximum Gasteiger partial charge on any atom is 0.257 e. The van der Waals surface area contributed by atoms with E-state index < -0.39 is 17.4 Å². The van der Waals surface area contributed by atoms with Crippen LogP contribution in [0.15, 0.2) is 47.7 Å². The fourth-order valence-corrected chi connectivity index (χ4v) is 3.39. The molecule has 3 heterocycles. The lowest BCUT2D eigenvalue weighted by Crippen LogP contribution is -2.45. The first-order valence-corrected chi connectivity index (χ1v) is 9.92. The Morgan fingerprint density at radius 3 is 2.61 bits per heavy atom. The largest absolute Gasteiger partial charge is 0.454 e. The predicted octanol–water partition coefficient (Wildman–Crippen LogP) is 1.58. The third-order valence-electron chi connectivity index (χ3n) is 5.12. The number of carbonyl (C=O) groups excluding carboxylic acids is 2. The fraction of sp³-hybridized carbons (Fsp3) is 0.273. The van der Waals surface area contributed by atoms with Crippen LogP contribution in [0.3, 0.4) is 0 Å². The van der Waals surface area contributed by atoms with Crippen LogP contribution >= 0.6 is 0 Å². The number of pyridine rings is 2. The number of ether oxygens (including phenoxy) is 2. The molecule has 0 spiro atoms. The molecule has 31 heavy (non-hydrogen) atoms. The van der Waals surface area contributed by atoms with Gasteiger partial charge in [0.25, 0.3) is 5.91 Å². The Hall–Kier alpha value is -3.88. The Bertz CT molecular complexity index is 1210. The van der Waals surface area contributed by atoms with Gasteiger partial charge in [-0.15, -0.1) is 0 Å². The van der Waals surface area contributed by atoms with E-state index in [9.17, 15) is 14.4 Å². The highest BCUT2D eigenvalue weighted by molar-refractivity contribution is 6.00. The van der Waals surface area contributed by atoms with Crippen molar-refractivity contribution in [2.75, 3.05) is 6.79 Å². The van der Waals surface area contributed by atoms with Gasteiger partial charge in [-0.1, -0.05) is 0 Å². The molecule has 0 saturated carbocycles. The van der Waals surface area contributed by atoms with Crippen molar-refractivity contribution in [2.45, 2.75) is 33.0 Å². The SMILES string of the molecule is CCn1cc(C(=O)N[C@@H](C)C(=O)NCc2ccncc2)c(=O)c2cc3c(cc21)OCO3. The summed E-state index contributed by atoms with van der Waals surface area (Å²) in [6.45, 7) is 4.42. The van der Waals surface area contributed by atoms with Crippen molar-refractivity contribution >= 4 is 22.7 Å². The van der Waals surface area contributed by atoms with Crippen LogP contribution in [0.25, 0.3) is 10.9 Å². The van der Waals surface area contributed by atoms with Crippen LogP contribution in [-0.2, 0) is 17.9 Å². The highest BCUT2D eigenvalue weighted by Crippen LogP contribution is 2.35. The van der Waals surface area contributed by atoms with E-state index in [0.29, 0.717) is 35.5 Å². The lowest BCUT2D eigenvalue weighted by Gasteiger charge is -2.16. The number of aromatic nitrogens is 2. The molecule has 0 aliphatic carbocycles. The van der Waals surface area contributed by atoms with E-state index in [-0.39, 0.29) is 18.3 Å². The highest BCUT2D eigenvalue weighted by atomic mass is 16.7. The molecule has 2 amide bonds. The quantitative estimate of drug-likeness (QED) is 0.624. The number of carbonyl (C=O) groups is 2. The van der Waals surface area contributed by atoms with E-state index in [4.69, 9.17) is 9.47 Å². The molecule has 1 aliphatic heterocycles. The number of aryl methyl sites for hydroxylation is 1. The van der Waals surface area contributed by atoms with Crippen LogP contribution in [0.2, 0.25) is 0 Å². The van der Waals surface area contributed by atoms with Crippen LogP contribution < -0.4 is 25.5 Å². The molecule has 1 aliphatic rings. The monoisotopic (exact) mass is 422 g/mol. The van der Waals surface area contributed by atoms with Crippen LogP contribution in [0.4, 0.5) is 0 Å². The van der Waals surface area contributed by atoms with Gasteiger partial charge in [0.05, 0.1) is 10.9 Å². The zero-order valence-electron chi connectivity index (χ0n) is 17.2. The van der Waals surface area contributed by atoms with Gasteiger partial charge in [-0.05, 0) is 37.6 Å². The first-order chi connectivity index (χ1) is 15.0. The van der Waals surface area contributed by atoms with Crippen molar-refractivity contribution in [3.8, 4) is 11.5 Å². The predicted molar refractivity (Wildman–Crippen MR) is 113 cm³/mol. The maximum absolute atomic E-state index is 13.0. The van der Waals surface area contributed by atoms with E-state index in [1.54, 1.807) is 48.1 Å². The summed E-state index contributed by atoms with van der Waals surface area (Å²) in [6, 6.07) is 6.08. The van der Waals surface area contributed by atoms with Crippen molar-refractivity contribution in [3.63, 3.8) is 0 Å². The number of nitrogens with one attached hydrogen (secondary N) is 2. The molecule has 160 valence electrons. The van der Waals surface area contributed by atoms with Gasteiger partial charge in [-0.2, -0.15) is 0 Å². The number of benzene rings is 1. The lowest BCUT2D eigenvalue weighted by molar-refractivity contribution is -0.122. The molecule has 9 heteroatoms. The fourth-order valence-electron chi connectivity index (χ4n) is 3.39. The molecule has 2 N–H and O–H groups in total. The number of nitrogens with zero attached hydrogens (tertiary/aromatic N) is 2. The Morgan fingerprint density at radius 2 is 1.90 bits per heavy atom. The Morgan fingerprint density at radius 1 is 1.19 bits per heavy atom. The molecule has 0 unspecified atom stereocenters. The van der Waals surface area contributed by atoms with E-state index >= 15 is 0 Å². The lowest BCUT2D eigenvalue weighted by atomic mass is 10.1. The zero-order chi connectivity index (χ0) is 22.0. The summed E-state index contributed by atoms with van der Waals surface area (Å²) in [4.78, 5) is 42.2. The molecule has 0 fully saturated rings. The Balaban J connectivity index is 1.54. The summed E-state index contributed by atoms with van der Waals surface area (Å²) in [5.41, 5.74) is 1.07.